The molecule has 0 aliphatic carbocycles. The zero-order chi connectivity index (χ0) is 21.6. The van der Waals surface area contributed by atoms with Crippen molar-refractivity contribution < 1.29 is 14.7 Å². The SMILES string of the molecule is Cc1ccc(C)c(CN2C(=O)[C@@](O)(CC(=O)c3ccc(Cl)s3)c3cc(Br)ccc32)c1. The third-order valence-electron chi connectivity index (χ3n) is 5.39. The van der Waals surface area contributed by atoms with Gasteiger partial charge in [0, 0.05) is 10.0 Å². The summed E-state index contributed by atoms with van der Waals surface area (Å²) in [6, 6.07) is 14.7. The molecule has 154 valence electrons. The molecular formula is C23H19BrClNO3S. The minimum absolute atomic E-state index is 0.317. The molecule has 0 saturated heterocycles. The lowest BCUT2D eigenvalue weighted by atomic mass is 9.89. The Hall–Kier alpha value is -1.99. The number of nitrogens with zero attached hydrogens (tertiary/aromatic N) is 1. The first-order valence-corrected chi connectivity index (χ1v) is 11.4. The van der Waals surface area contributed by atoms with Crippen LogP contribution in [0.3, 0.4) is 0 Å². The highest BCUT2D eigenvalue weighted by atomic mass is 79.9. The molecule has 30 heavy (non-hydrogen) atoms. The van der Waals surface area contributed by atoms with Crippen molar-refractivity contribution in [2.75, 3.05) is 4.90 Å². The molecule has 3 aromatic rings. The van der Waals surface area contributed by atoms with Gasteiger partial charge in [-0.05, 0) is 55.3 Å². The molecule has 1 amide bonds. The molecule has 2 heterocycles. The summed E-state index contributed by atoms with van der Waals surface area (Å²) in [4.78, 5) is 28.3. The number of hydrogen-bond donors (Lipinski definition) is 1. The van der Waals surface area contributed by atoms with E-state index in [4.69, 9.17) is 11.6 Å². The van der Waals surface area contributed by atoms with Crippen molar-refractivity contribution in [2.45, 2.75) is 32.4 Å². The van der Waals surface area contributed by atoms with Gasteiger partial charge in [0.15, 0.2) is 11.4 Å². The number of Topliss-reactive ketones (excluding diaryl/α,β-unsaturated/α-hetero) is 1. The summed E-state index contributed by atoms with van der Waals surface area (Å²) in [5.74, 6) is -0.810. The van der Waals surface area contributed by atoms with Gasteiger partial charge in [-0.1, -0.05) is 51.3 Å². The molecule has 0 spiro atoms. The number of fused-ring (bicyclic) bond motifs is 1. The van der Waals surface area contributed by atoms with Gasteiger partial charge in [-0.2, -0.15) is 0 Å². The maximum Gasteiger partial charge on any atom is 0.264 e. The Morgan fingerprint density at radius 2 is 1.93 bits per heavy atom. The highest BCUT2D eigenvalue weighted by molar-refractivity contribution is 9.10. The molecule has 2 aromatic carbocycles. The lowest BCUT2D eigenvalue weighted by Gasteiger charge is -2.23. The molecule has 0 radical (unpaired) electrons. The Labute approximate surface area is 192 Å². The Balaban J connectivity index is 1.74. The van der Waals surface area contributed by atoms with Gasteiger partial charge < -0.3 is 10.0 Å². The molecule has 1 N–H and O–H groups in total. The minimum Gasteiger partial charge on any atom is -0.375 e. The van der Waals surface area contributed by atoms with Gasteiger partial charge in [0.05, 0.1) is 27.9 Å². The summed E-state index contributed by atoms with van der Waals surface area (Å²) in [6.07, 6.45) is -0.338. The van der Waals surface area contributed by atoms with Crippen LogP contribution in [-0.4, -0.2) is 16.8 Å². The number of hydrogen-bond acceptors (Lipinski definition) is 4. The Morgan fingerprint density at radius 3 is 2.63 bits per heavy atom. The zero-order valence-electron chi connectivity index (χ0n) is 16.4. The number of aryl methyl sites for hydroxylation is 2. The predicted octanol–water partition coefficient (Wildman–Crippen LogP) is 5.79. The lowest BCUT2D eigenvalue weighted by molar-refractivity contribution is -0.136. The van der Waals surface area contributed by atoms with Crippen molar-refractivity contribution in [3.8, 4) is 0 Å². The van der Waals surface area contributed by atoms with Crippen LogP contribution in [-0.2, 0) is 16.9 Å². The highest BCUT2D eigenvalue weighted by Gasteiger charge is 2.51. The number of halogens is 2. The maximum absolute atomic E-state index is 13.5. The number of rotatable bonds is 5. The van der Waals surface area contributed by atoms with Crippen LogP contribution in [0.25, 0.3) is 0 Å². The van der Waals surface area contributed by atoms with Crippen molar-refractivity contribution in [1.82, 2.24) is 0 Å². The van der Waals surface area contributed by atoms with Gasteiger partial charge in [-0.3, -0.25) is 9.59 Å². The standard InChI is InChI=1S/C23H19BrClNO3S/c1-13-3-4-14(2)15(9-13)12-26-18-6-5-16(24)10-17(18)23(29,22(26)28)11-19(27)20-7-8-21(25)30-20/h3-10,29H,11-12H2,1-2H3/t23-/m1/s1. The minimum atomic E-state index is -1.93. The van der Waals surface area contributed by atoms with Gasteiger partial charge in [0.25, 0.3) is 5.91 Å². The van der Waals surface area contributed by atoms with Crippen molar-refractivity contribution in [3.63, 3.8) is 0 Å². The van der Waals surface area contributed by atoms with Crippen molar-refractivity contribution in [1.29, 1.82) is 0 Å². The number of thiophene rings is 1. The molecule has 1 atom stereocenters. The largest absolute Gasteiger partial charge is 0.375 e. The summed E-state index contributed by atoms with van der Waals surface area (Å²) < 4.78 is 1.22. The van der Waals surface area contributed by atoms with E-state index in [1.54, 1.807) is 29.2 Å². The second kappa shape index (κ2) is 7.93. The second-order valence-electron chi connectivity index (χ2n) is 7.55. The molecule has 1 aliphatic heterocycles. The van der Waals surface area contributed by atoms with Gasteiger partial charge in [0.1, 0.15) is 0 Å². The summed E-state index contributed by atoms with van der Waals surface area (Å²) in [5.41, 5.74) is 2.28. The van der Waals surface area contributed by atoms with E-state index in [1.165, 1.54) is 0 Å². The van der Waals surface area contributed by atoms with Crippen LogP contribution in [0.1, 0.15) is 38.3 Å². The average molecular weight is 505 g/mol. The molecule has 0 fully saturated rings. The third-order valence-corrected chi connectivity index (χ3v) is 7.16. The molecule has 1 aliphatic rings. The fourth-order valence-corrected chi connectivity index (χ4v) is 5.12. The summed E-state index contributed by atoms with van der Waals surface area (Å²) >= 11 is 10.5. The lowest BCUT2D eigenvalue weighted by Crippen LogP contribution is -2.41. The van der Waals surface area contributed by atoms with E-state index in [9.17, 15) is 14.7 Å². The smallest absolute Gasteiger partial charge is 0.264 e. The molecule has 4 nitrogen and oxygen atoms in total. The van der Waals surface area contributed by atoms with Crippen LogP contribution in [0.2, 0.25) is 4.34 Å². The monoisotopic (exact) mass is 503 g/mol. The Morgan fingerprint density at radius 1 is 1.17 bits per heavy atom. The molecule has 0 unspecified atom stereocenters. The summed E-state index contributed by atoms with van der Waals surface area (Å²) in [5, 5.41) is 11.5. The zero-order valence-corrected chi connectivity index (χ0v) is 19.6. The number of carbonyl (C=O) groups is 2. The Kier molecular flexibility index (Phi) is 5.62. The van der Waals surface area contributed by atoms with Gasteiger partial charge >= 0.3 is 0 Å². The van der Waals surface area contributed by atoms with E-state index < -0.39 is 11.5 Å². The number of ketones is 1. The van der Waals surface area contributed by atoms with Crippen LogP contribution in [0, 0.1) is 13.8 Å². The van der Waals surface area contributed by atoms with Crippen molar-refractivity contribution >= 4 is 56.2 Å². The molecule has 4 rings (SSSR count). The topological polar surface area (TPSA) is 57.6 Å². The van der Waals surface area contributed by atoms with Crippen LogP contribution < -0.4 is 4.90 Å². The van der Waals surface area contributed by atoms with E-state index in [0.717, 1.165) is 32.5 Å². The third kappa shape index (κ3) is 3.73. The predicted molar refractivity (Wildman–Crippen MR) is 123 cm³/mol. The fourth-order valence-electron chi connectivity index (χ4n) is 3.78. The Bertz CT molecular complexity index is 1180. The van der Waals surface area contributed by atoms with Crippen LogP contribution >= 0.6 is 38.9 Å². The first kappa shape index (κ1) is 21.2. The van der Waals surface area contributed by atoms with Crippen molar-refractivity contribution in [2.24, 2.45) is 0 Å². The quantitative estimate of drug-likeness (QED) is 0.448. The number of anilines is 1. The van der Waals surface area contributed by atoms with Gasteiger partial charge in [-0.25, -0.2) is 0 Å². The van der Waals surface area contributed by atoms with E-state index in [-0.39, 0.29) is 12.2 Å². The molecular weight excluding hydrogens is 486 g/mol. The number of carbonyl (C=O) groups excluding carboxylic acids is 2. The van der Waals surface area contributed by atoms with E-state index >= 15 is 0 Å². The van der Waals surface area contributed by atoms with E-state index in [2.05, 4.69) is 15.9 Å². The van der Waals surface area contributed by atoms with E-state index in [0.29, 0.717) is 27.0 Å². The molecule has 1 aromatic heterocycles. The van der Waals surface area contributed by atoms with Crippen molar-refractivity contribution in [3.05, 3.63) is 84.5 Å². The first-order valence-electron chi connectivity index (χ1n) is 9.38. The van der Waals surface area contributed by atoms with Crippen LogP contribution in [0.4, 0.5) is 5.69 Å². The summed E-state index contributed by atoms with van der Waals surface area (Å²) in [6.45, 7) is 4.32. The average Bonchev–Trinajstić information content (AvgIpc) is 3.21. The maximum atomic E-state index is 13.5. The van der Waals surface area contributed by atoms with Crippen LogP contribution in [0.5, 0.6) is 0 Å². The summed E-state index contributed by atoms with van der Waals surface area (Å²) in [7, 11) is 0. The number of benzene rings is 2. The first-order chi connectivity index (χ1) is 14.2. The molecule has 0 saturated carbocycles. The fraction of sp³-hybridized carbons (Fsp3) is 0.217. The molecule has 0 bridgehead atoms. The van der Waals surface area contributed by atoms with Crippen LogP contribution in [0.15, 0.2) is 53.0 Å². The second-order valence-corrected chi connectivity index (χ2v) is 10.2. The van der Waals surface area contributed by atoms with Gasteiger partial charge in [-0.15, -0.1) is 11.3 Å². The number of amides is 1. The number of aliphatic hydroxyl groups is 1. The highest BCUT2D eigenvalue weighted by Crippen LogP contribution is 2.45. The van der Waals surface area contributed by atoms with Gasteiger partial charge in [0.2, 0.25) is 0 Å². The normalized spacial score (nSPS) is 18.0. The molecule has 7 heteroatoms. The van der Waals surface area contributed by atoms with E-state index in [1.807, 2.05) is 38.1 Å².